The van der Waals surface area contributed by atoms with Gasteiger partial charge in [0.15, 0.2) is 0 Å². The van der Waals surface area contributed by atoms with Crippen molar-refractivity contribution in [2.24, 2.45) is 5.92 Å². The molecule has 2 aliphatic rings. The largest absolute Gasteiger partial charge is 0.480 e. The lowest BCUT2D eigenvalue weighted by Crippen LogP contribution is -2.51. The summed E-state index contributed by atoms with van der Waals surface area (Å²) in [5.41, 5.74) is 1.95. The first-order chi connectivity index (χ1) is 11.4. The number of benzene rings is 1. The van der Waals surface area contributed by atoms with Crippen LogP contribution >= 0.6 is 0 Å². The Kier molecular flexibility index (Phi) is 4.30. The zero-order chi connectivity index (χ0) is 17.4. The molecule has 1 N–H and O–H groups in total. The van der Waals surface area contributed by atoms with E-state index in [4.69, 9.17) is 0 Å². The second-order valence-corrected chi connectivity index (χ2v) is 6.83. The zero-order valence-electron chi connectivity index (χ0n) is 13.9. The van der Waals surface area contributed by atoms with E-state index >= 15 is 0 Å². The number of hydrogen-bond donors (Lipinski definition) is 1. The third-order valence-electron chi connectivity index (χ3n) is 4.95. The third-order valence-corrected chi connectivity index (χ3v) is 4.95. The van der Waals surface area contributed by atoms with E-state index in [2.05, 4.69) is 0 Å². The van der Waals surface area contributed by atoms with Gasteiger partial charge in [-0.25, -0.2) is 4.79 Å². The van der Waals surface area contributed by atoms with Crippen molar-refractivity contribution in [2.75, 3.05) is 6.54 Å². The summed E-state index contributed by atoms with van der Waals surface area (Å²) in [6, 6.07) is 6.79. The maximum atomic E-state index is 12.9. The van der Waals surface area contributed by atoms with Crippen molar-refractivity contribution in [3.05, 3.63) is 35.4 Å². The van der Waals surface area contributed by atoms with Gasteiger partial charge in [0.05, 0.1) is 5.92 Å². The molecule has 0 saturated carbocycles. The van der Waals surface area contributed by atoms with Gasteiger partial charge in [-0.2, -0.15) is 0 Å². The van der Waals surface area contributed by atoms with Gasteiger partial charge in [-0.1, -0.05) is 24.3 Å². The van der Waals surface area contributed by atoms with Crippen LogP contribution in [0.1, 0.15) is 31.4 Å². The van der Waals surface area contributed by atoms with Gasteiger partial charge in [-0.3, -0.25) is 9.59 Å². The standard InChI is InChI=1S/C18H22N2O4/c1-11(2)19-10-14(8-16(19)21)17(22)20-9-13-6-4-3-5-12(13)7-15(20)18(23)24/h3-6,11,14-15H,7-10H2,1-2H3,(H,23,24). The van der Waals surface area contributed by atoms with Gasteiger partial charge < -0.3 is 14.9 Å². The van der Waals surface area contributed by atoms with Crippen molar-refractivity contribution in [2.45, 2.75) is 45.3 Å². The molecule has 1 saturated heterocycles. The molecular formula is C18H22N2O4. The van der Waals surface area contributed by atoms with Gasteiger partial charge >= 0.3 is 5.97 Å². The van der Waals surface area contributed by atoms with Gasteiger partial charge in [0, 0.05) is 32.0 Å². The van der Waals surface area contributed by atoms with Crippen molar-refractivity contribution in [1.82, 2.24) is 9.80 Å². The Morgan fingerprint density at radius 1 is 1.17 bits per heavy atom. The molecule has 3 rings (SSSR count). The summed E-state index contributed by atoms with van der Waals surface area (Å²) >= 11 is 0. The van der Waals surface area contributed by atoms with Gasteiger partial charge in [-0.05, 0) is 25.0 Å². The number of nitrogens with zero attached hydrogens (tertiary/aromatic N) is 2. The van der Waals surface area contributed by atoms with Gasteiger partial charge in [0.1, 0.15) is 6.04 Å². The molecule has 0 aromatic heterocycles. The van der Waals surface area contributed by atoms with Crippen LogP contribution in [0.2, 0.25) is 0 Å². The molecular weight excluding hydrogens is 308 g/mol. The van der Waals surface area contributed by atoms with Crippen LogP contribution in [0, 0.1) is 5.92 Å². The molecule has 6 nitrogen and oxygen atoms in total. The summed E-state index contributed by atoms with van der Waals surface area (Å²) in [7, 11) is 0. The van der Waals surface area contributed by atoms with E-state index in [9.17, 15) is 19.5 Å². The Morgan fingerprint density at radius 2 is 1.83 bits per heavy atom. The smallest absolute Gasteiger partial charge is 0.326 e. The summed E-state index contributed by atoms with van der Waals surface area (Å²) in [5.74, 6) is -1.71. The predicted molar refractivity (Wildman–Crippen MR) is 87.1 cm³/mol. The average molecular weight is 330 g/mol. The number of carboxylic acids is 1. The molecule has 2 amide bonds. The Balaban J connectivity index is 1.83. The SMILES string of the molecule is CC(C)N1CC(C(=O)N2Cc3ccccc3CC2C(=O)O)CC1=O. The maximum absolute atomic E-state index is 12.9. The number of carboxylic acid groups (broad SMARTS) is 1. The highest BCUT2D eigenvalue weighted by Crippen LogP contribution is 2.28. The molecule has 1 aromatic rings. The Bertz CT molecular complexity index is 685. The predicted octanol–water partition coefficient (Wildman–Crippen LogP) is 1.28. The highest BCUT2D eigenvalue weighted by Gasteiger charge is 2.42. The zero-order valence-corrected chi connectivity index (χ0v) is 13.9. The molecule has 0 aliphatic carbocycles. The fraction of sp³-hybridized carbons (Fsp3) is 0.500. The first kappa shape index (κ1) is 16.5. The van der Waals surface area contributed by atoms with Crippen LogP contribution in [0.3, 0.4) is 0 Å². The topological polar surface area (TPSA) is 77.9 Å². The quantitative estimate of drug-likeness (QED) is 0.906. The van der Waals surface area contributed by atoms with Crippen molar-refractivity contribution < 1.29 is 19.5 Å². The van der Waals surface area contributed by atoms with Crippen LogP contribution in [0.15, 0.2) is 24.3 Å². The minimum absolute atomic E-state index is 0.0346. The van der Waals surface area contributed by atoms with E-state index in [-0.39, 0.29) is 24.3 Å². The van der Waals surface area contributed by atoms with Gasteiger partial charge in [0.25, 0.3) is 0 Å². The lowest BCUT2D eigenvalue weighted by Gasteiger charge is -2.36. The molecule has 6 heteroatoms. The van der Waals surface area contributed by atoms with Crippen molar-refractivity contribution in [1.29, 1.82) is 0 Å². The molecule has 2 heterocycles. The number of likely N-dealkylation sites (tertiary alicyclic amines) is 1. The first-order valence-corrected chi connectivity index (χ1v) is 8.28. The minimum atomic E-state index is -0.997. The van der Waals surface area contributed by atoms with Crippen LogP contribution in [0.4, 0.5) is 0 Å². The average Bonchev–Trinajstić information content (AvgIpc) is 2.95. The number of aliphatic carboxylic acids is 1. The number of amides is 2. The van der Waals surface area contributed by atoms with Crippen molar-refractivity contribution >= 4 is 17.8 Å². The van der Waals surface area contributed by atoms with Gasteiger partial charge in [-0.15, -0.1) is 0 Å². The van der Waals surface area contributed by atoms with Crippen molar-refractivity contribution in [3.8, 4) is 0 Å². The number of carbonyl (C=O) groups is 3. The Hall–Kier alpha value is -2.37. The van der Waals surface area contributed by atoms with E-state index in [0.29, 0.717) is 19.5 Å². The molecule has 2 atom stereocenters. The maximum Gasteiger partial charge on any atom is 0.326 e. The molecule has 0 spiro atoms. The van der Waals surface area contributed by atoms with E-state index in [0.717, 1.165) is 11.1 Å². The lowest BCUT2D eigenvalue weighted by atomic mass is 9.92. The monoisotopic (exact) mass is 330 g/mol. The molecule has 1 fully saturated rings. The molecule has 24 heavy (non-hydrogen) atoms. The summed E-state index contributed by atoms with van der Waals surface area (Å²) in [6.07, 6.45) is 0.479. The number of carbonyl (C=O) groups excluding carboxylic acids is 2. The molecule has 0 bridgehead atoms. The second-order valence-electron chi connectivity index (χ2n) is 6.83. The van der Waals surface area contributed by atoms with E-state index < -0.39 is 17.9 Å². The summed E-state index contributed by atoms with van der Waals surface area (Å²) in [4.78, 5) is 39.8. The van der Waals surface area contributed by atoms with E-state index in [1.165, 1.54) is 4.90 Å². The van der Waals surface area contributed by atoms with Crippen LogP contribution in [0.25, 0.3) is 0 Å². The second kappa shape index (κ2) is 6.26. The number of rotatable bonds is 3. The number of fused-ring (bicyclic) bond motifs is 1. The fourth-order valence-corrected chi connectivity index (χ4v) is 3.61. The fourth-order valence-electron chi connectivity index (χ4n) is 3.61. The molecule has 0 radical (unpaired) electrons. The molecule has 2 aliphatic heterocycles. The lowest BCUT2D eigenvalue weighted by molar-refractivity contribution is -0.153. The van der Waals surface area contributed by atoms with Crippen molar-refractivity contribution in [3.63, 3.8) is 0 Å². The van der Waals surface area contributed by atoms with E-state index in [1.807, 2.05) is 38.1 Å². The Morgan fingerprint density at radius 3 is 2.42 bits per heavy atom. The van der Waals surface area contributed by atoms with Crippen LogP contribution in [0.5, 0.6) is 0 Å². The Labute approximate surface area is 141 Å². The van der Waals surface area contributed by atoms with Crippen LogP contribution < -0.4 is 0 Å². The van der Waals surface area contributed by atoms with E-state index in [1.54, 1.807) is 4.90 Å². The summed E-state index contributed by atoms with van der Waals surface area (Å²) < 4.78 is 0. The molecule has 2 unspecified atom stereocenters. The van der Waals surface area contributed by atoms with Crippen LogP contribution in [-0.2, 0) is 27.3 Å². The highest BCUT2D eigenvalue weighted by atomic mass is 16.4. The first-order valence-electron chi connectivity index (χ1n) is 8.28. The summed E-state index contributed by atoms with van der Waals surface area (Å²) in [6.45, 7) is 4.50. The third kappa shape index (κ3) is 2.88. The van der Waals surface area contributed by atoms with Gasteiger partial charge in [0.2, 0.25) is 11.8 Å². The minimum Gasteiger partial charge on any atom is -0.480 e. The number of hydrogen-bond acceptors (Lipinski definition) is 3. The highest BCUT2D eigenvalue weighted by molar-refractivity contribution is 5.91. The normalized spacial score (nSPS) is 23.5. The molecule has 1 aromatic carbocycles. The van der Waals surface area contributed by atoms with Crippen LogP contribution in [-0.4, -0.2) is 51.3 Å². The molecule has 128 valence electrons. The summed E-state index contributed by atoms with van der Waals surface area (Å²) in [5, 5.41) is 9.55.